The molecule has 0 aliphatic heterocycles. The fourth-order valence-electron chi connectivity index (χ4n) is 2.31. The number of carbonyl (C=O) groups excluding carboxylic acids is 1. The molecular weight excluding hydrogens is 250 g/mol. The van der Waals surface area contributed by atoms with Crippen molar-refractivity contribution in [2.45, 2.75) is 39.7 Å². The highest BCUT2D eigenvalue weighted by atomic mass is 16.1. The number of hydrogen-bond acceptors (Lipinski definition) is 3. The Labute approximate surface area is 120 Å². The third-order valence-corrected chi connectivity index (χ3v) is 3.42. The van der Waals surface area contributed by atoms with Gasteiger partial charge in [0, 0.05) is 24.6 Å². The van der Waals surface area contributed by atoms with Gasteiger partial charge in [-0.25, -0.2) is 4.98 Å². The van der Waals surface area contributed by atoms with Crippen molar-refractivity contribution in [1.82, 2.24) is 14.9 Å². The van der Waals surface area contributed by atoms with E-state index in [1.807, 2.05) is 39.1 Å². The molecule has 1 aromatic heterocycles. The molecular formula is C16H23N3O. The summed E-state index contributed by atoms with van der Waals surface area (Å²) in [4.78, 5) is 16.8. The Morgan fingerprint density at radius 3 is 2.60 bits per heavy atom. The number of Topliss-reactive ketones (excluding diaryl/α,β-unsaturated/α-hetero) is 1. The summed E-state index contributed by atoms with van der Waals surface area (Å²) in [6.07, 6.45) is 0. The highest BCUT2D eigenvalue weighted by Crippen LogP contribution is 2.21. The largest absolute Gasteiger partial charge is 0.331 e. The predicted octanol–water partition coefficient (Wildman–Crippen LogP) is 2.88. The Hall–Kier alpha value is -1.68. The van der Waals surface area contributed by atoms with Crippen LogP contribution >= 0.6 is 0 Å². The number of carbonyl (C=O) groups is 1. The second kappa shape index (κ2) is 5.75. The van der Waals surface area contributed by atoms with Crippen molar-refractivity contribution in [3.05, 3.63) is 29.6 Å². The van der Waals surface area contributed by atoms with Crippen molar-refractivity contribution in [3.8, 4) is 0 Å². The molecule has 2 rings (SSSR count). The minimum Gasteiger partial charge on any atom is -0.331 e. The molecule has 20 heavy (non-hydrogen) atoms. The van der Waals surface area contributed by atoms with Gasteiger partial charge in [-0.3, -0.25) is 4.79 Å². The van der Waals surface area contributed by atoms with E-state index in [2.05, 4.69) is 28.7 Å². The third kappa shape index (κ3) is 2.90. The van der Waals surface area contributed by atoms with E-state index in [-0.39, 0.29) is 5.78 Å². The van der Waals surface area contributed by atoms with Gasteiger partial charge in [0.2, 0.25) is 0 Å². The summed E-state index contributed by atoms with van der Waals surface area (Å²) >= 11 is 0. The number of fused-ring (bicyclic) bond motifs is 1. The van der Waals surface area contributed by atoms with Crippen LogP contribution < -0.4 is 5.32 Å². The van der Waals surface area contributed by atoms with Crippen LogP contribution in [0, 0.1) is 0 Å². The normalized spacial score (nSPS) is 11.8. The highest BCUT2D eigenvalue weighted by molar-refractivity contribution is 6.00. The van der Waals surface area contributed by atoms with Crippen LogP contribution in [0.1, 0.15) is 49.8 Å². The molecule has 1 N–H and O–H groups in total. The number of nitrogens with zero attached hydrogens (tertiary/aromatic N) is 2. The molecule has 0 saturated carbocycles. The third-order valence-electron chi connectivity index (χ3n) is 3.42. The molecule has 0 spiro atoms. The molecule has 4 nitrogen and oxygen atoms in total. The van der Waals surface area contributed by atoms with Gasteiger partial charge in [-0.2, -0.15) is 0 Å². The summed E-state index contributed by atoms with van der Waals surface area (Å²) in [5, 5.41) is 3.15. The van der Waals surface area contributed by atoms with Gasteiger partial charge in [0.15, 0.2) is 5.78 Å². The molecule has 2 aromatic rings. The second-order valence-corrected chi connectivity index (χ2v) is 5.85. The standard InChI is InChI=1S/C16H23N3O/c1-10(2)16-18-13-8-12(6-7-14(13)19(16)5)15(20)9-17-11(3)4/h6-8,10-11,17H,9H2,1-5H3. The van der Waals surface area contributed by atoms with Gasteiger partial charge in [-0.15, -0.1) is 0 Å². The molecule has 0 aliphatic carbocycles. The number of rotatable bonds is 5. The summed E-state index contributed by atoms with van der Waals surface area (Å²) in [5.74, 6) is 1.52. The first-order valence-corrected chi connectivity index (χ1v) is 7.13. The van der Waals surface area contributed by atoms with E-state index in [4.69, 9.17) is 0 Å². The van der Waals surface area contributed by atoms with Crippen LogP contribution in [0.4, 0.5) is 0 Å². The summed E-state index contributed by atoms with van der Waals surface area (Å²) in [7, 11) is 2.02. The Morgan fingerprint density at radius 2 is 2.00 bits per heavy atom. The van der Waals surface area contributed by atoms with Crippen molar-refractivity contribution in [2.24, 2.45) is 7.05 Å². The maximum atomic E-state index is 12.1. The highest BCUT2D eigenvalue weighted by Gasteiger charge is 2.13. The smallest absolute Gasteiger partial charge is 0.176 e. The maximum Gasteiger partial charge on any atom is 0.176 e. The fraction of sp³-hybridized carbons (Fsp3) is 0.500. The maximum absolute atomic E-state index is 12.1. The summed E-state index contributed by atoms with van der Waals surface area (Å²) in [5.41, 5.74) is 2.69. The molecule has 0 bridgehead atoms. The quantitative estimate of drug-likeness (QED) is 0.852. The Balaban J connectivity index is 2.32. The van der Waals surface area contributed by atoms with E-state index in [0.29, 0.717) is 18.5 Å². The van der Waals surface area contributed by atoms with E-state index < -0.39 is 0 Å². The molecule has 4 heteroatoms. The van der Waals surface area contributed by atoms with Crippen molar-refractivity contribution in [2.75, 3.05) is 6.54 Å². The van der Waals surface area contributed by atoms with Crippen molar-refractivity contribution in [3.63, 3.8) is 0 Å². The number of ketones is 1. The number of benzene rings is 1. The number of imidazole rings is 1. The SMILES string of the molecule is CC(C)NCC(=O)c1ccc2c(c1)nc(C(C)C)n2C. The zero-order valence-electron chi connectivity index (χ0n) is 12.9. The molecule has 1 aromatic carbocycles. The van der Waals surface area contributed by atoms with E-state index in [0.717, 1.165) is 22.4 Å². The zero-order chi connectivity index (χ0) is 14.9. The van der Waals surface area contributed by atoms with Crippen LogP contribution in [0.15, 0.2) is 18.2 Å². The van der Waals surface area contributed by atoms with Crippen LogP contribution in [-0.4, -0.2) is 27.9 Å². The van der Waals surface area contributed by atoms with Gasteiger partial charge in [-0.05, 0) is 18.2 Å². The molecule has 0 fully saturated rings. The average molecular weight is 273 g/mol. The van der Waals surface area contributed by atoms with Gasteiger partial charge in [0.25, 0.3) is 0 Å². The minimum atomic E-state index is 0.109. The average Bonchev–Trinajstić information content (AvgIpc) is 2.73. The lowest BCUT2D eigenvalue weighted by Gasteiger charge is -2.07. The molecule has 0 saturated heterocycles. The molecule has 1 heterocycles. The zero-order valence-corrected chi connectivity index (χ0v) is 12.9. The minimum absolute atomic E-state index is 0.109. The van der Waals surface area contributed by atoms with Crippen molar-refractivity contribution >= 4 is 16.8 Å². The van der Waals surface area contributed by atoms with Crippen LogP contribution in [0.2, 0.25) is 0 Å². The number of nitrogens with one attached hydrogen (secondary N) is 1. The molecule has 0 unspecified atom stereocenters. The summed E-state index contributed by atoms with van der Waals surface area (Å²) < 4.78 is 2.10. The van der Waals surface area contributed by atoms with E-state index in [1.54, 1.807) is 0 Å². The lowest BCUT2D eigenvalue weighted by Crippen LogP contribution is -2.29. The van der Waals surface area contributed by atoms with Gasteiger partial charge in [0.05, 0.1) is 17.6 Å². The number of hydrogen-bond donors (Lipinski definition) is 1. The lowest BCUT2D eigenvalue weighted by atomic mass is 10.1. The van der Waals surface area contributed by atoms with Crippen molar-refractivity contribution < 1.29 is 4.79 Å². The van der Waals surface area contributed by atoms with Crippen LogP contribution in [0.5, 0.6) is 0 Å². The molecule has 0 amide bonds. The van der Waals surface area contributed by atoms with Gasteiger partial charge in [0.1, 0.15) is 5.82 Å². The molecule has 0 aliphatic rings. The molecule has 0 atom stereocenters. The summed E-state index contributed by atoms with van der Waals surface area (Å²) in [6, 6.07) is 6.07. The first-order valence-electron chi connectivity index (χ1n) is 7.13. The molecule has 108 valence electrons. The van der Waals surface area contributed by atoms with E-state index >= 15 is 0 Å². The van der Waals surface area contributed by atoms with E-state index in [9.17, 15) is 4.79 Å². The first-order chi connectivity index (χ1) is 9.40. The number of aromatic nitrogens is 2. The predicted molar refractivity (Wildman–Crippen MR) is 82.3 cm³/mol. The molecule has 0 radical (unpaired) electrons. The fourth-order valence-corrected chi connectivity index (χ4v) is 2.31. The van der Waals surface area contributed by atoms with Crippen molar-refractivity contribution in [1.29, 1.82) is 0 Å². The van der Waals surface area contributed by atoms with Gasteiger partial charge >= 0.3 is 0 Å². The Morgan fingerprint density at radius 1 is 1.30 bits per heavy atom. The summed E-state index contributed by atoms with van der Waals surface area (Å²) in [6.45, 7) is 8.68. The monoisotopic (exact) mass is 273 g/mol. The Bertz CT molecular complexity index is 626. The van der Waals surface area contributed by atoms with Crippen LogP contribution in [0.25, 0.3) is 11.0 Å². The first kappa shape index (κ1) is 14.7. The number of aryl methyl sites for hydroxylation is 1. The van der Waals surface area contributed by atoms with Crippen LogP contribution in [-0.2, 0) is 7.05 Å². The van der Waals surface area contributed by atoms with Gasteiger partial charge in [-0.1, -0.05) is 27.7 Å². The Kier molecular flexibility index (Phi) is 4.23. The van der Waals surface area contributed by atoms with Gasteiger partial charge < -0.3 is 9.88 Å². The van der Waals surface area contributed by atoms with Crippen LogP contribution in [0.3, 0.4) is 0 Å². The topological polar surface area (TPSA) is 46.9 Å². The lowest BCUT2D eigenvalue weighted by molar-refractivity contribution is 0.0988. The van der Waals surface area contributed by atoms with E-state index in [1.165, 1.54) is 0 Å². The second-order valence-electron chi connectivity index (χ2n) is 5.85.